The summed E-state index contributed by atoms with van der Waals surface area (Å²) in [6.07, 6.45) is 1.57. The van der Waals surface area contributed by atoms with Crippen LogP contribution < -0.4 is 4.90 Å². The van der Waals surface area contributed by atoms with Crippen molar-refractivity contribution >= 4 is 28.2 Å². The summed E-state index contributed by atoms with van der Waals surface area (Å²) in [5.74, 6) is 0.282. The fraction of sp³-hybridized carbons (Fsp3) is 0.333. The molecule has 0 spiro atoms. The van der Waals surface area contributed by atoms with Crippen LogP contribution in [0.2, 0.25) is 5.02 Å². The van der Waals surface area contributed by atoms with Gasteiger partial charge in [0.1, 0.15) is 6.07 Å². The molecule has 1 aromatic heterocycles. The number of anilines is 1. The molecule has 0 saturated carbocycles. The smallest absolute Gasteiger partial charge is 0.103 e. The molecule has 20 heavy (non-hydrogen) atoms. The van der Waals surface area contributed by atoms with Crippen LogP contribution in [0, 0.1) is 24.2 Å². The summed E-state index contributed by atoms with van der Waals surface area (Å²) in [4.78, 5) is 6.41. The Balaban J connectivity index is 2.20. The lowest BCUT2D eigenvalue weighted by Gasteiger charge is -2.41. The Morgan fingerprint density at radius 3 is 2.90 bits per heavy atom. The number of halogens is 1. The topological polar surface area (TPSA) is 60.2 Å². The first kappa shape index (κ1) is 13.2. The number of aromatic nitrogens is 1. The van der Waals surface area contributed by atoms with Gasteiger partial charge in [-0.3, -0.25) is 4.98 Å². The zero-order chi connectivity index (χ0) is 14.3. The quantitative estimate of drug-likeness (QED) is 0.922. The third-order valence-electron chi connectivity index (χ3n) is 3.69. The average Bonchev–Trinajstić information content (AvgIpc) is 2.37. The molecule has 1 aliphatic heterocycles. The molecule has 0 radical (unpaired) electrons. The molecular weight excluding hydrogens is 274 g/mol. The highest BCUT2D eigenvalue weighted by atomic mass is 35.5. The van der Waals surface area contributed by atoms with Crippen LogP contribution in [0.5, 0.6) is 0 Å². The fourth-order valence-electron chi connectivity index (χ4n) is 2.67. The van der Waals surface area contributed by atoms with Gasteiger partial charge in [-0.2, -0.15) is 5.26 Å². The summed E-state index contributed by atoms with van der Waals surface area (Å²) >= 11 is 6.25. The molecule has 1 fully saturated rings. The Kier molecular flexibility index (Phi) is 3.25. The van der Waals surface area contributed by atoms with Crippen molar-refractivity contribution < 1.29 is 5.11 Å². The van der Waals surface area contributed by atoms with E-state index in [0.29, 0.717) is 10.6 Å². The van der Waals surface area contributed by atoms with E-state index in [9.17, 15) is 5.26 Å². The predicted molar refractivity (Wildman–Crippen MR) is 79.0 cm³/mol. The maximum atomic E-state index is 9.31. The SMILES string of the molecule is Cc1cc(Cl)c2ncc(C#N)c(N3CC(CO)C3)c2c1. The van der Waals surface area contributed by atoms with Gasteiger partial charge in [0.25, 0.3) is 0 Å². The molecule has 0 amide bonds. The van der Waals surface area contributed by atoms with Gasteiger partial charge in [0.05, 0.1) is 21.8 Å². The maximum Gasteiger partial charge on any atom is 0.103 e. The Morgan fingerprint density at radius 2 is 2.25 bits per heavy atom. The monoisotopic (exact) mass is 287 g/mol. The van der Waals surface area contributed by atoms with Gasteiger partial charge in [-0.05, 0) is 24.6 Å². The van der Waals surface area contributed by atoms with Crippen LogP contribution in [0.4, 0.5) is 5.69 Å². The predicted octanol–water partition coefficient (Wildman–Crippen LogP) is 2.50. The first-order valence-corrected chi connectivity index (χ1v) is 6.86. The number of nitriles is 1. The number of fused-ring (bicyclic) bond motifs is 1. The van der Waals surface area contributed by atoms with Gasteiger partial charge in [0.2, 0.25) is 0 Å². The van der Waals surface area contributed by atoms with E-state index < -0.39 is 0 Å². The fourth-order valence-corrected chi connectivity index (χ4v) is 2.99. The van der Waals surface area contributed by atoms with Crippen LogP contribution in [0.25, 0.3) is 10.9 Å². The van der Waals surface area contributed by atoms with E-state index in [2.05, 4.69) is 16.0 Å². The van der Waals surface area contributed by atoms with Gasteiger partial charge >= 0.3 is 0 Å². The lowest BCUT2D eigenvalue weighted by Crippen LogP contribution is -2.48. The molecule has 2 heterocycles. The molecule has 102 valence electrons. The molecule has 1 N–H and O–H groups in total. The lowest BCUT2D eigenvalue weighted by molar-refractivity contribution is 0.201. The summed E-state index contributed by atoms with van der Waals surface area (Å²) in [6, 6.07) is 6.08. The summed E-state index contributed by atoms with van der Waals surface area (Å²) < 4.78 is 0. The van der Waals surface area contributed by atoms with E-state index in [1.807, 2.05) is 19.1 Å². The normalized spacial score (nSPS) is 15.2. The maximum absolute atomic E-state index is 9.31. The van der Waals surface area contributed by atoms with Crippen LogP contribution in [-0.4, -0.2) is 29.8 Å². The highest BCUT2D eigenvalue weighted by Gasteiger charge is 2.29. The van der Waals surface area contributed by atoms with Crippen LogP contribution in [0.3, 0.4) is 0 Å². The summed E-state index contributed by atoms with van der Waals surface area (Å²) in [5, 5.41) is 20.0. The first-order chi connectivity index (χ1) is 9.63. The number of aliphatic hydroxyl groups excluding tert-OH is 1. The van der Waals surface area contributed by atoms with E-state index in [1.54, 1.807) is 6.20 Å². The van der Waals surface area contributed by atoms with Crippen LogP contribution >= 0.6 is 11.6 Å². The number of benzene rings is 1. The van der Waals surface area contributed by atoms with Crippen molar-refractivity contribution in [1.29, 1.82) is 5.26 Å². The molecular formula is C15H14ClN3O. The minimum Gasteiger partial charge on any atom is -0.396 e. The van der Waals surface area contributed by atoms with E-state index in [-0.39, 0.29) is 12.5 Å². The van der Waals surface area contributed by atoms with Gasteiger partial charge in [0, 0.05) is 37.2 Å². The molecule has 5 heteroatoms. The molecule has 1 saturated heterocycles. The number of aryl methyl sites for hydroxylation is 1. The van der Waals surface area contributed by atoms with Crippen LogP contribution in [-0.2, 0) is 0 Å². The zero-order valence-corrected chi connectivity index (χ0v) is 11.9. The number of hydrogen-bond acceptors (Lipinski definition) is 4. The Labute approximate surface area is 122 Å². The van der Waals surface area contributed by atoms with E-state index >= 15 is 0 Å². The van der Waals surface area contributed by atoms with Crippen LogP contribution in [0.1, 0.15) is 11.1 Å². The average molecular weight is 288 g/mol. The van der Waals surface area contributed by atoms with E-state index in [4.69, 9.17) is 16.7 Å². The van der Waals surface area contributed by atoms with Gasteiger partial charge in [-0.25, -0.2) is 0 Å². The zero-order valence-electron chi connectivity index (χ0n) is 11.1. The van der Waals surface area contributed by atoms with Crippen molar-refractivity contribution in [2.24, 2.45) is 5.92 Å². The molecule has 0 atom stereocenters. The first-order valence-electron chi connectivity index (χ1n) is 6.48. The summed E-state index contributed by atoms with van der Waals surface area (Å²) in [6.45, 7) is 3.67. The van der Waals surface area contributed by atoms with Gasteiger partial charge in [0.15, 0.2) is 0 Å². The van der Waals surface area contributed by atoms with Crippen molar-refractivity contribution in [2.45, 2.75) is 6.92 Å². The second kappa shape index (κ2) is 4.93. The molecule has 0 unspecified atom stereocenters. The molecule has 0 bridgehead atoms. The largest absolute Gasteiger partial charge is 0.396 e. The van der Waals surface area contributed by atoms with Gasteiger partial charge in [-0.15, -0.1) is 0 Å². The molecule has 1 aliphatic rings. The van der Waals surface area contributed by atoms with Gasteiger partial charge in [-0.1, -0.05) is 11.6 Å². The second-order valence-corrected chi connectivity index (χ2v) is 5.64. The highest BCUT2D eigenvalue weighted by Crippen LogP contribution is 2.36. The van der Waals surface area contributed by atoms with Crippen molar-refractivity contribution in [3.05, 3.63) is 34.5 Å². The standard InChI is InChI=1S/C15H14ClN3O/c1-9-2-12-14(13(16)3-9)18-5-11(4-17)15(12)19-6-10(7-19)8-20/h2-3,5,10,20H,6-8H2,1H3. The van der Waals surface area contributed by atoms with E-state index in [0.717, 1.165) is 35.2 Å². The van der Waals surface area contributed by atoms with Crippen LogP contribution in [0.15, 0.2) is 18.3 Å². The Morgan fingerprint density at radius 1 is 1.50 bits per heavy atom. The van der Waals surface area contributed by atoms with Crippen molar-refractivity contribution in [1.82, 2.24) is 4.98 Å². The number of pyridine rings is 1. The third-order valence-corrected chi connectivity index (χ3v) is 3.98. The third kappa shape index (κ3) is 2.00. The summed E-state index contributed by atoms with van der Waals surface area (Å²) in [7, 11) is 0. The van der Waals surface area contributed by atoms with Crippen molar-refractivity contribution in [3.8, 4) is 6.07 Å². The van der Waals surface area contributed by atoms with Crippen molar-refractivity contribution in [2.75, 3.05) is 24.6 Å². The molecule has 4 nitrogen and oxygen atoms in total. The summed E-state index contributed by atoms with van der Waals surface area (Å²) in [5.41, 5.74) is 3.20. The van der Waals surface area contributed by atoms with Gasteiger partial charge < -0.3 is 10.0 Å². The van der Waals surface area contributed by atoms with Crippen molar-refractivity contribution in [3.63, 3.8) is 0 Å². The van der Waals surface area contributed by atoms with E-state index in [1.165, 1.54) is 0 Å². The number of nitrogens with zero attached hydrogens (tertiary/aromatic N) is 3. The second-order valence-electron chi connectivity index (χ2n) is 5.23. The number of aliphatic hydroxyl groups is 1. The molecule has 2 aromatic rings. The Hall–Kier alpha value is -1.83. The highest BCUT2D eigenvalue weighted by molar-refractivity contribution is 6.35. The molecule has 1 aromatic carbocycles. The Bertz CT molecular complexity index is 717. The number of rotatable bonds is 2. The molecule has 0 aliphatic carbocycles. The lowest BCUT2D eigenvalue weighted by atomic mass is 9.97. The minimum atomic E-state index is 0.182. The number of hydrogen-bond donors (Lipinski definition) is 1. The minimum absolute atomic E-state index is 0.182. The molecule has 3 rings (SSSR count).